The van der Waals surface area contributed by atoms with E-state index in [0.717, 1.165) is 29.3 Å². The van der Waals surface area contributed by atoms with Crippen molar-refractivity contribution in [2.24, 2.45) is 0 Å². The fraction of sp³-hybridized carbons (Fsp3) is 0.318. The van der Waals surface area contributed by atoms with Gasteiger partial charge in [0.1, 0.15) is 16.7 Å². The predicted molar refractivity (Wildman–Crippen MR) is 120 cm³/mol. The van der Waals surface area contributed by atoms with Crippen molar-refractivity contribution in [1.29, 1.82) is 0 Å². The van der Waals surface area contributed by atoms with E-state index in [0.29, 0.717) is 17.5 Å². The minimum absolute atomic E-state index is 0.116. The maximum absolute atomic E-state index is 13.3. The lowest BCUT2D eigenvalue weighted by molar-refractivity contribution is -0.116. The summed E-state index contributed by atoms with van der Waals surface area (Å²) in [4.78, 5) is 13.3. The van der Waals surface area contributed by atoms with Crippen molar-refractivity contribution in [1.82, 2.24) is 14.9 Å². The van der Waals surface area contributed by atoms with Gasteiger partial charge in [-0.3, -0.25) is 4.79 Å². The summed E-state index contributed by atoms with van der Waals surface area (Å²) in [5, 5.41) is 11.7. The van der Waals surface area contributed by atoms with Crippen molar-refractivity contribution in [3.8, 4) is 11.5 Å². The minimum Gasteiger partial charge on any atom is -0.497 e. The largest absolute Gasteiger partial charge is 0.497 e. The SMILES string of the molecule is CCOc1ccc(NC(=O)[C@H]2Sc3nnc(CC)n3N[C@@H]2c2ccc(OC)cc2)cc1. The van der Waals surface area contributed by atoms with Crippen LogP contribution in [0.25, 0.3) is 0 Å². The summed E-state index contributed by atoms with van der Waals surface area (Å²) >= 11 is 1.40. The van der Waals surface area contributed by atoms with Gasteiger partial charge in [-0.1, -0.05) is 30.8 Å². The fourth-order valence-electron chi connectivity index (χ4n) is 3.40. The van der Waals surface area contributed by atoms with Crippen LogP contribution in [0.3, 0.4) is 0 Å². The van der Waals surface area contributed by atoms with Crippen molar-refractivity contribution in [2.45, 2.75) is 36.7 Å². The van der Waals surface area contributed by atoms with Crippen LogP contribution in [0.1, 0.15) is 31.3 Å². The molecule has 0 aliphatic carbocycles. The second kappa shape index (κ2) is 9.30. The molecule has 0 fully saturated rings. The number of fused-ring (bicyclic) bond motifs is 1. The second-order valence-corrected chi connectivity index (χ2v) is 8.06. The van der Waals surface area contributed by atoms with E-state index >= 15 is 0 Å². The third-order valence-corrected chi connectivity index (χ3v) is 6.20. The van der Waals surface area contributed by atoms with Crippen LogP contribution < -0.4 is 20.2 Å². The average Bonchev–Trinajstić information content (AvgIpc) is 3.22. The molecule has 4 rings (SSSR count). The van der Waals surface area contributed by atoms with E-state index in [4.69, 9.17) is 9.47 Å². The summed E-state index contributed by atoms with van der Waals surface area (Å²) in [6.45, 7) is 4.56. The standard InChI is InChI=1S/C22H25N5O3S/c1-4-18-24-25-22-27(18)26-19(14-6-10-16(29-3)11-7-14)20(31-22)21(28)23-15-8-12-17(13-9-15)30-5-2/h6-13,19-20,26H,4-5H2,1-3H3,(H,23,28)/t19-,20+/m1/s1. The highest BCUT2D eigenvalue weighted by molar-refractivity contribution is 8.00. The molecule has 1 amide bonds. The van der Waals surface area contributed by atoms with Crippen LogP contribution in [-0.2, 0) is 11.2 Å². The van der Waals surface area contributed by atoms with Gasteiger partial charge in [-0.05, 0) is 48.9 Å². The molecule has 0 radical (unpaired) electrons. The molecule has 3 aromatic rings. The molecule has 31 heavy (non-hydrogen) atoms. The van der Waals surface area contributed by atoms with Gasteiger partial charge in [0.05, 0.1) is 19.8 Å². The summed E-state index contributed by atoms with van der Waals surface area (Å²) < 4.78 is 12.6. The molecule has 1 aliphatic rings. The van der Waals surface area contributed by atoms with Gasteiger partial charge in [0.25, 0.3) is 0 Å². The van der Waals surface area contributed by atoms with Crippen molar-refractivity contribution in [2.75, 3.05) is 24.5 Å². The molecular weight excluding hydrogens is 414 g/mol. The lowest BCUT2D eigenvalue weighted by atomic mass is 10.0. The first kappa shape index (κ1) is 21.0. The van der Waals surface area contributed by atoms with Gasteiger partial charge >= 0.3 is 0 Å². The number of thioether (sulfide) groups is 1. The number of hydrogen-bond acceptors (Lipinski definition) is 7. The molecule has 1 aromatic heterocycles. The van der Waals surface area contributed by atoms with Gasteiger partial charge < -0.3 is 20.2 Å². The van der Waals surface area contributed by atoms with Gasteiger partial charge in [0.2, 0.25) is 11.1 Å². The number of aryl methyl sites for hydroxylation is 1. The summed E-state index contributed by atoms with van der Waals surface area (Å²) in [5.41, 5.74) is 5.13. The Morgan fingerprint density at radius 3 is 2.45 bits per heavy atom. The third-order valence-electron chi connectivity index (χ3n) is 4.99. The van der Waals surface area contributed by atoms with E-state index < -0.39 is 5.25 Å². The summed E-state index contributed by atoms with van der Waals surface area (Å²) in [6, 6.07) is 14.8. The third kappa shape index (κ3) is 4.46. The van der Waals surface area contributed by atoms with Gasteiger partial charge in [-0.2, -0.15) is 0 Å². The van der Waals surface area contributed by atoms with Crippen molar-refractivity contribution in [3.63, 3.8) is 0 Å². The predicted octanol–water partition coefficient (Wildman–Crippen LogP) is 3.65. The minimum atomic E-state index is -0.443. The van der Waals surface area contributed by atoms with Crippen molar-refractivity contribution >= 4 is 23.4 Å². The van der Waals surface area contributed by atoms with Crippen LogP contribution in [0.15, 0.2) is 53.7 Å². The quantitative estimate of drug-likeness (QED) is 0.581. The Hall–Kier alpha value is -3.20. The van der Waals surface area contributed by atoms with E-state index in [1.807, 2.05) is 67.1 Å². The van der Waals surface area contributed by atoms with E-state index in [9.17, 15) is 4.79 Å². The number of benzene rings is 2. The number of carbonyl (C=O) groups is 1. The number of amides is 1. The van der Waals surface area contributed by atoms with Crippen LogP contribution in [0.5, 0.6) is 11.5 Å². The summed E-state index contributed by atoms with van der Waals surface area (Å²) in [7, 11) is 1.63. The van der Waals surface area contributed by atoms with E-state index in [2.05, 4.69) is 20.9 Å². The number of nitrogens with zero attached hydrogens (tertiary/aromatic N) is 3. The van der Waals surface area contributed by atoms with Crippen LogP contribution in [0, 0.1) is 0 Å². The first-order chi connectivity index (χ1) is 15.1. The maximum atomic E-state index is 13.3. The normalized spacial score (nSPS) is 17.4. The molecule has 162 valence electrons. The van der Waals surface area contributed by atoms with Gasteiger partial charge in [0, 0.05) is 12.1 Å². The number of rotatable bonds is 7. The molecule has 0 bridgehead atoms. The van der Waals surface area contributed by atoms with Crippen molar-refractivity contribution < 1.29 is 14.3 Å². The molecule has 0 saturated carbocycles. The topological polar surface area (TPSA) is 90.3 Å². The molecule has 2 atom stereocenters. The Bertz CT molecular complexity index is 1040. The Balaban J connectivity index is 1.60. The number of methoxy groups -OCH3 is 1. The molecule has 0 saturated heterocycles. The van der Waals surface area contributed by atoms with Gasteiger partial charge in [0.15, 0.2) is 5.82 Å². The number of hydrogen-bond donors (Lipinski definition) is 2. The number of aromatic nitrogens is 3. The zero-order valence-electron chi connectivity index (χ0n) is 17.7. The van der Waals surface area contributed by atoms with Crippen LogP contribution in [-0.4, -0.2) is 39.7 Å². The lowest BCUT2D eigenvalue weighted by Crippen LogP contribution is -2.41. The summed E-state index contributed by atoms with van der Waals surface area (Å²) in [5.74, 6) is 2.24. The number of ether oxygens (including phenoxy) is 2. The molecule has 2 heterocycles. The zero-order chi connectivity index (χ0) is 21.8. The Kier molecular flexibility index (Phi) is 6.31. The Morgan fingerprint density at radius 2 is 1.81 bits per heavy atom. The first-order valence-corrected chi connectivity index (χ1v) is 11.1. The highest BCUT2D eigenvalue weighted by Gasteiger charge is 2.37. The fourth-order valence-corrected chi connectivity index (χ4v) is 4.50. The Labute approximate surface area is 185 Å². The molecular formula is C22H25N5O3S. The summed E-state index contributed by atoms with van der Waals surface area (Å²) in [6.07, 6.45) is 0.735. The molecule has 0 unspecified atom stereocenters. The van der Waals surface area contributed by atoms with Gasteiger partial charge in [-0.25, -0.2) is 4.68 Å². The molecule has 1 aliphatic heterocycles. The number of anilines is 1. The number of nitrogens with one attached hydrogen (secondary N) is 2. The monoisotopic (exact) mass is 439 g/mol. The van der Waals surface area contributed by atoms with E-state index in [-0.39, 0.29) is 11.9 Å². The molecule has 2 aromatic carbocycles. The average molecular weight is 440 g/mol. The van der Waals surface area contributed by atoms with Crippen molar-refractivity contribution in [3.05, 3.63) is 59.9 Å². The first-order valence-electron chi connectivity index (χ1n) is 10.2. The van der Waals surface area contributed by atoms with Gasteiger partial charge in [-0.15, -0.1) is 10.2 Å². The second-order valence-electron chi connectivity index (χ2n) is 6.95. The van der Waals surface area contributed by atoms with Crippen LogP contribution in [0.2, 0.25) is 0 Å². The smallest absolute Gasteiger partial charge is 0.240 e. The van der Waals surface area contributed by atoms with E-state index in [1.54, 1.807) is 7.11 Å². The molecule has 0 spiro atoms. The molecule has 8 nitrogen and oxygen atoms in total. The molecule has 2 N–H and O–H groups in total. The Morgan fingerprint density at radius 1 is 1.10 bits per heavy atom. The lowest BCUT2D eigenvalue weighted by Gasteiger charge is -2.33. The number of carbonyl (C=O) groups excluding carboxylic acids is 1. The van der Waals surface area contributed by atoms with Crippen LogP contribution in [0.4, 0.5) is 5.69 Å². The van der Waals surface area contributed by atoms with E-state index in [1.165, 1.54) is 11.8 Å². The highest BCUT2D eigenvalue weighted by atomic mass is 32.2. The maximum Gasteiger partial charge on any atom is 0.240 e. The highest BCUT2D eigenvalue weighted by Crippen LogP contribution is 2.38. The zero-order valence-corrected chi connectivity index (χ0v) is 18.5. The van der Waals surface area contributed by atoms with Crippen LogP contribution >= 0.6 is 11.8 Å². The molecule has 9 heteroatoms.